The molecule has 3 atom stereocenters. The fourth-order valence-corrected chi connectivity index (χ4v) is 1.12. The van der Waals surface area contributed by atoms with Gasteiger partial charge in [-0.3, -0.25) is 4.79 Å². The minimum absolute atomic E-state index is 0.767. The molecule has 0 unspecified atom stereocenters. The van der Waals surface area contributed by atoms with E-state index in [1.165, 1.54) is 0 Å². The number of Topliss-reactive ketones (excluding diaryl/α,β-unsaturated/α-hetero) is 1. The number of carbonyl (C=O) groups is 1. The molecule has 1 heterocycles. The molecule has 6 N–H and O–H groups in total. The third-order valence-corrected chi connectivity index (χ3v) is 2.24. The molecule has 0 radical (unpaired) electrons. The summed E-state index contributed by atoms with van der Waals surface area (Å²) in [5.74, 6) is -1.00. The van der Waals surface area contributed by atoms with Gasteiger partial charge in [0, 0.05) is 13.1 Å². The number of ketones is 1. The normalized spacial score (nSPS) is 20.3. The highest BCUT2D eigenvalue weighted by atomic mass is 16.5. The second-order valence-corrected chi connectivity index (χ2v) is 3.67. The average molecular weight is 267 g/mol. The van der Waals surface area contributed by atoms with Crippen LogP contribution in [0.3, 0.4) is 0 Å². The van der Waals surface area contributed by atoms with Gasteiger partial charge in [0.25, 0.3) is 0 Å². The summed E-state index contributed by atoms with van der Waals surface area (Å²) in [5.41, 5.74) is 0. The highest BCUT2D eigenvalue weighted by Crippen LogP contribution is 2.00. The zero-order valence-corrected chi connectivity index (χ0v) is 10.0. The van der Waals surface area contributed by atoms with E-state index in [-0.39, 0.29) is 0 Å². The number of nitrogens with one attached hydrogen (secondary N) is 1. The van der Waals surface area contributed by atoms with Crippen LogP contribution < -0.4 is 5.32 Å². The summed E-state index contributed by atoms with van der Waals surface area (Å²) in [6.45, 7) is 2.15. The zero-order valence-electron chi connectivity index (χ0n) is 10.0. The topological polar surface area (TPSA) is 139 Å². The number of aliphatic hydroxyl groups is 5. The molecule has 0 aromatic rings. The maximum Gasteiger partial charge on any atom is 0.189 e. The molecule has 18 heavy (non-hydrogen) atoms. The van der Waals surface area contributed by atoms with E-state index in [1.54, 1.807) is 0 Å². The van der Waals surface area contributed by atoms with Crippen LogP contribution in [0.2, 0.25) is 0 Å². The van der Waals surface area contributed by atoms with E-state index in [2.05, 4.69) is 5.32 Å². The second-order valence-electron chi connectivity index (χ2n) is 3.67. The first-order valence-corrected chi connectivity index (χ1v) is 5.61. The highest BCUT2D eigenvalue weighted by Gasteiger charge is 2.28. The summed E-state index contributed by atoms with van der Waals surface area (Å²) in [7, 11) is 0. The van der Waals surface area contributed by atoms with E-state index in [0.29, 0.717) is 0 Å². The molecular weight excluding hydrogens is 246 g/mol. The van der Waals surface area contributed by atoms with E-state index in [9.17, 15) is 4.79 Å². The average Bonchev–Trinajstić information content (AvgIpc) is 2.46. The largest absolute Gasteiger partial charge is 0.394 e. The van der Waals surface area contributed by atoms with Crippen molar-refractivity contribution in [1.82, 2.24) is 5.32 Å². The molecular formula is C10H21NO7. The van der Waals surface area contributed by atoms with E-state index in [1.807, 2.05) is 0 Å². The second kappa shape index (κ2) is 10.3. The van der Waals surface area contributed by atoms with Crippen LogP contribution in [0, 0.1) is 0 Å². The van der Waals surface area contributed by atoms with Gasteiger partial charge in [-0.25, -0.2) is 0 Å². The molecule has 1 aliphatic rings. The Bertz CT molecular complexity index is 211. The molecule has 108 valence electrons. The van der Waals surface area contributed by atoms with Gasteiger partial charge in [0.15, 0.2) is 5.78 Å². The van der Waals surface area contributed by atoms with Gasteiger partial charge < -0.3 is 35.6 Å². The molecule has 1 aliphatic heterocycles. The number of hydrogen-bond donors (Lipinski definition) is 6. The molecule has 1 saturated heterocycles. The van der Waals surface area contributed by atoms with Crippen molar-refractivity contribution in [3.05, 3.63) is 0 Å². The predicted molar refractivity (Wildman–Crippen MR) is 60.9 cm³/mol. The van der Waals surface area contributed by atoms with Gasteiger partial charge >= 0.3 is 0 Å². The van der Waals surface area contributed by atoms with Crippen LogP contribution in [0.4, 0.5) is 0 Å². The minimum Gasteiger partial charge on any atom is -0.394 e. The zero-order chi connectivity index (χ0) is 14.0. The molecule has 0 saturated carbocycles. The summed E-state index contributed by atoms with van der Waals surface area (Å²) in [6.07, 6.45) is -5.22. The standard InChI is InChI=1S/C6H12O6.C4H9NO/c7-1-3(9)5(11)6(12)4(10)2-8;1-3-6-4-2-5-1/h3,5-9,11-12H,1-2H2;5H,1-4H2/t3-,5+,6-;/m1./s1. The summed E-state index contributed by atoms with van der Waals surface area (Å²) in [6, 6.07) is 0. The van der Waals surface area contributed by atoms with E-state index in [0.717, 1.165) is 26.3 Å². The molecule has 8 heteroatoms. The van der Waals surface area contributed by atoms with Crippen molar-refractivity contribution in [2.45, 2.75) is 18.3 Å². The molecule has 0 bridgehead atoms. The Morgan fingerprint density at radius 3 is 2.00 bits per heavy atom. The van der Waals surface area contributed by atoms with E-state index < -0.39 is 37.3 Å². The van der Waals surface area contributed by atoms with Crippen LogP contribution in [0.5, 0.6) is 0 Å². The van der Waals surface area contributed by atoms with Crippen molar-refractivity contribution in [1.29, 1.82) is 0 Å². The lowest BCUT2D eigenvalue weighted by Crippen LogP contribution is -2.44. The Kier molecular flexibility index (Phi) is 9.98. The Morgan fingerprint density at radius 1 is 1.17 bits per heavy atom. The number of aliphatic hydroxyl groups excluding tert-OH is 5. The quantitative estimate of drug-likeness (QED) is 0.298. The predicted octanol–water partition coefficient (Wildman–Crippen LogP) is -3.77. The lowest BCUT2D eigenvalue weighted by atomic mass is 10.1. The third-order valence-electron chi connectivity index (χ3n) is 2.24. The maximum atomic E-state index is 10.5. The van der Waals surface area contributed by atoms with Gasteiger partial charge in [-0.05, 0) is 0 Å². The first-order valence-electron chi connectivity index (χ1n) is 5.61. The van der Waals surface area contributed by atoms with Gasteiger partial charge in [-0.2, -0.15) is 0 Å². The van der Waals surface area contributed by atoms with Crippen molar-refractivity contribution in [2.24, 2.45) is 0 Å². The van der Waals surface area contributed by atoms with Crippen LogP contribution in [0.15, 0.2) is 0 Å². The van der Waals surface area contributed by atoms with Crippen LogP contribution in [-0.4, -0.2) is 89.1 Å². The third kappa shape index (κ3) is 6.97. The molecule has 0 spiro atoms. The van der Waals surface area contributed by atoms with Crippen molar-refractivity contribution < 1.29 is 35.1 Å². The molecule has 1 rings (SSSR count). The molecule has 0 amide bonds. The SMILES string of the molecule is C1COCCN1.O=C(CO)[C@@H](O)[C@@H](O)[C@H](O)CO. The number of morpholine rings is 1. The Balaban J connectivity index is 0.000000397. The lowest BCUT2D eigenvalue weighted by molar-refractivity contribution is -0.142. The van der Waals surface area contributed by atoms with Crippen molar-refractivity contribution in [3.8, 4) is 0 Å². The monoisotopic (exact) mass is 267 g/mol. The smallest absolute Gasteiger partial charge is 0.189 e. The number of ether oxygens (including phenoxy) is 1. The van der Waals surface area contributed by atoms with E-state index >= 15 is 0 Å². The molecule has 1 fully saturated rings. The number of carbonyl (C=O) groups excluding carboxylic acids is 1. The van der Waals surface area contributed by atoms with Gasteiger partial charge in [0.1, 0.15) is 24.9 Å². The summed E-state index contributed by atoms with van der Waals surface area (Å²) >= 11 is 0. The Labute approximate surface area is 105 Å². The van der Waals surface area contributed by atoms with Gasteiger partial charge in [0.05, 0.1) is 19.8 Å². The fourth-order valence-electron chi connectivity index (χ4n) is 1.12. The van der Waals surface area contributed by atoms with Gasteiger partial charge in [-0.1, -0.05) is 0 Å². The summed E-state index contributed by atoms with van der Waals surface area (Å²) in [4.78, 5) is 10.5. The Hall–Kier alpha value is -0.610. The van der Waals surface area contributed by atoms with Crippen LogP contribution in [0.1, 0.15) is 0 Å². The summed E-state index contributed by atoms with van der Waals surface area (Å²) < 4.78 is 5.01. The van der Waals surface area contributed by atoms with Crippen LogP contribution >= 0.6 is 0 Å². The summed E-state index contributed by atoms with van der Waals surface area (Å²) in [5, 5.41) is 46.2. The molecule has 0 aromatic carbocycles. The minimum atomic E-state index is -1.86. The van der Waals surface area contributed by atoms with E-state index in [4.69, 9.17) is 30.3 Å². The van der Waals surface area contributed by atoms with Gasteiger partial charge in [-0.15, -0.1) is 0 Å². The number of rotatable bonds is 5. The van der Waals surface area contributed by atoms with Crippen LogP contribution in [-0.2, 0) is 9.53 Å². The molecule has 8 nitrogen and oxygen atoms in total. The van der Waals surface area contributed by atoms with Crippen molar-refractivity contribution in [2.75, 3.05) is 39.5 Å². The lowest BCUT2D eigenvalue weighted by Gasteiger charge is -2.19. The Morgan fingerprint density at radius 2 is 1.72 bits per heavy atom. The first kappa shape index (κ1) is 17.4. The molecule has 0 aromatic heterocycles. The number of hydrogen-bond acceptors (Lipinski definition) is 8. The fraction of sp³-hybridized carbons (Fsp3) is 0.900. The maximum absolute atomic E-state index is 10.5. The van der Waals surface area contributed by atoms with Gasteiger partial charge in [0.2, 0.25) is 0 Å². The van der Waals surface area contributed by atoms with Crippen LogP contribution in [0.25, 0.3) is 0 Å². The van der Waals surface area contributed by atoms with Crippen molar-refractivity contribution >= 4 is 5.78 Å². The van der Waals surface area contributed by atoms with Crippen molar-refractivity contribution in [3.63, 3.8) is 0 Å². The highest BCUT2D eigenvalue weighted by molar-refractivity contribution is 5.84. The molecule has 0 aliphatic carbocycles. The first-order chi connectivity index (χ1) is 8.54.